The molecule has 9 heavy (non-hydrogen) atoms. The van der Waals surface area contributed by atoms with E-state index in [9.17, 15) is 0 Å². The van der Waals surface area contributed by atoms with Crippen molar-refractivity contribution < 1.29 is 24.0 Å². The third-order valence-electron chi connectivity index (χ3n) is 1.08. The van der Waals surface area contributed by atoms with Crippen LogP contribution in [-0.4, -0.2) is 11.8 Å². The van der Waals surface area contributed by atoms with Crippen molar-refractivity contribution in [3.05, 3.63) is 0 Å². The highest BCUT2D eigenvalue weighted by molar-refractivity contribution is 7.38. The van der Waals surface area contributed by atoms with Crippen LogP contribution in [0.25, 0.3) is 0 Å². The van der Waals surface area contributed by atoms with Gasteiger partial charge in [-0.1, -0.05) is 13.8 Å². The summed E-state index contributed by atoms with van der Waals surface area (Å²) in [5, 5.41) is 0. The summed E-state index contributed by atoms with van der Waals surface area (Å²) in [6, 6.07) is 0. The summed E-state index contributed by atoms with van der Waals surface area (Å²) in [6.07, 6.45) is 1.47. The van der Waals surface area contributed by atoms with E-state index < -0.39 is 0 Å². The lowest BCUT2D eigenvalue weighted by Gasteiger charge is -1.99. The van der Waals surface area contributed by atoms with Crippen LogP contribution in [0, 0.1) is 5.92 Å². The highest BCUT2D eigenvalue weighted by Crippen LogP contribution is 2.20. The van der Waals surface area contributed by atoms with Gasteiger partial charge in [-0.25, -0.2) is 0 Å². The molecule has 58 valence electrons. The van der Waals surface area contributed by atoms with Crippen molar-refractivity contribution in [3.8, 4) is 0 Å². The van der Waals surface area contributed by atoms with E-state index in [0.29, 0.717) is 0 Å². The largest absolute Gasteiger partial charge is 1.00 e. The zero-order valence-electron chi connectivity index (χ0n) is 6.82. The summed E-state index contributed by atoms with van der Waals surface area (Å²) in [4.78, 5) is 0. The molecule has 0 rings (SSSR count). The number of halogens is 1. The second kappa shape index (κ2) is 7.27. The van der Waals surface area contributed by atoms with Gasteiger partial charge in [-0.05, 0) is 28.3 Å². The summed E-state index contributed by atoms with van der Waals surface area (Å²) >= 11 is 0. The lowest BCUT2D eigenvalue weighted by Crippen LogP contribution is -3.00. The standard InChI is InChI=1S/C7H17P.HI/c1-6(2)5-8-7(3)4;/h6-8H,5H2,1-4H3;1H. The minimum atomic E-state index is 0. The SMILES string of the molecule is CC(C)C[PH2+]C(C)C.[I-]. The Morgan fingerprint density at radius 1 is 1.11 bits per heavy atom. The van der Waals surface area contributed by atoms with Crippen molar-refractivity contribution >= 4 is 8.58 Å². The molecule has 0 amide bonds. The first-order valence-electron chi connectivity index (χ1n) is 3.46. The van der Waals surface area contributed by atoms with E-state index in [1.165, 1.54) is 6.16 Å². The molecule has 0 N–H and O–H groups in total. The molecule has 0 fully saturated rings. The molecule has 0 aliphatic rings. The Morgan fingerprint density at radius 3 is 1.67 bits per heavy atom. The normalized spacial score (nSPS) is 11.3. The van der Waals surface area contributed by atoms with Gasteiger partial charge in [0.1, 0.15) is 0 Å². The lowest BCUT2D eigenvalue weighted by molar-refractivity contribution is -0.00000204. The zero-order valence-corrected chi connectivity index (χ0v) is 10.1. The van der Waals surface area contributed by atoms with Gasteiger partial charge in [0.2, 0.25) is 0 Å². The zero-order chi connectivity index (χ0) is 6.57. The molecule has 0 aliphatic carbocycles. The minimum absolute atomic E-state index is 0. The molecule has 0 bridgehead atoms. The average Bonchev–Trinajstić information content (AvgIpc) is 1.61. The Labute approximate surface area is 78.0 Å². The van der Waals surface area contributed by atoms with Gasteiger partial charge < -0.3 is 24.0 Å². The van der Waals surface area contributed by atoms with Gasteiger partial charge in [-0.3, -0.25) is 0 Å². The third-order valence-corrected chi connectivity index (χ3v) is 3.24. The van der Waals surface area contributed by atoms with Gasteiger partial charge in [0.15, 0.2) is 0 Å². The number of rotatable bonds is 3. The first kappa shape index (κ1) is 12.8. The third kappa shape index (κ3) is 12.4. The fraction of sp³-hybridized carbons (Fsp3) is 1.00. The first-order chi connectivity index (χ1) is 3.63. The molecular weight excluding hydrogens is 242 g/mol. The van der Waals surface area contributed by atoms with E-state index >= 15 is 0 Å². The Kier molecular flexibility index (Phi) is 10.3. The predicted molar refractivity (Wildman–Crippen MR) is 44.6 cm³/mol. The van der Waals surface area contributed by atoms with Gasteiger partial charge in [-0.2, -0.15) is 0 Å². The topological polar surface area (TPSA) is 0 Å². The highest BCUT2D eigenvalue weighted by atomic mass is 127. The summed E-state index contributed by atoms with van der Waals surface area (Å²) < 4.78 is 0. The molecule has 0 saturated carbocycles. The summed E-state index contributed by atoms with van der Waals surface area (Å²) in [6.45, 7) is 9.24. The molecule has 0 nitrogen and oxygen atoms in total. The molecule has 0 aliphatic heterocycles. The van der Waals surface area contributed by atoms with E-state index in [1.807, 2.05) is 0 Å². The molecule has 0 radical (unpaired) electrons. The van der Waals surface area contributed by atoms with Crippen molar-refractivity contribution in [3.63, 3.8) is 0 Å². The van der Waals surface area contributed by atoms with Crippen LogP contribution in [0.15, 0.2) is 0 Å². The number of hydrogen-bond donors (Lipinski definition) is 0. The van der Waals surface area contributed by atoms with Gasteiger partial charge in [0.25, 0.3) is 0 Å². The maximum Gasteiger partial charge on any atom is 0.0596 e. The van der Waals surface area contributed by atoms with Crippen molar-refractivity contribution in [2.24, 2.45) is 5.92 Å². The highest BCUT2D eigenvalue weighted by Gasteiger charge is 2.02. The van der Waals surface area contributed by atoms with Crippen LogP contribution in [0.1, 0.15) is 27.7 Å². The maximum atomic E-state index is 2.32. The van der Waals surface area contributed by atoms with E-state index in [2.05, 4.69) is 27.7 Å². The Bertz CT molecular complexity index is 44.9. The summed E-state index contributed by atoms with van der Waals surface area (Å²) in [5.41, 5.74) is 0.970. The summed E-state index contributed by atoms with van der Waals surface area (Å²) in [5.74, 6) is 0.924. The van der Waals surface area contributed by atoms with Gasteiger partial charge >= 0.3 is 0 Å². The minimum Gasteiger partial charge on any atom is -1.00 e. The van der Waals surface area contributed by atoms with Crippen LogP contribution < -0.4 is 24.0 Å². The maximum absolute atomic E-state index is 2.32. The first-order valence-corrected chi connectivity index (χ1v) is 4.94. The van der Waals surface area contributed by atoms with E-state index in [0.717, 1.165) is 20.2 Å². The van der Waals surface area contributed by atoms with Crippen molar-refractivity contribution in [1.82, 2.24) is 0 Å². The monoisotopic (exact) mass is 260 g/mol. The smallest absolute Gasteiger partial charge is 0.0596 e. The van der Waals surface area contributed by atoms with Gasteiger partial charge in [-0.15, -0.1) is 0 Å². The van der Waals surface area contributed by atoms with Gasteiger partial charge in [0, 0.05) is 0 Å². The van der Waals surface area contributed by atoms with Crippen LogP contribution in [0.5, 0.6) is 0 Å². The summed E-state index contributed by atoms with van der Waals surface area (Å²) in [7, 11) is 0.734. The van der Waals surface area contributed by atoms with Crippen LogP contribution in [0.4, 0.5) is 0 Å². The van der Waals surface area contributed by atoms with Crippen molar-refractivity contribution in [2.45, 2.75) is 33.4 Å². The van der Waals surface area contributed by atoms with Gasteiger partial charge in [0.05, 0.1) is 11.8 Å². The van der Waals surface area contributed by atoms with E-state index in [1.54, 1.807) is 0 Å². The molecule has 2 heteroatoms. The molecule has 1 atom stereocenters. The van der Waals surface area contributed by atoms with Crippen LogP contribution >= 0.6 is 8.58 Å². The number of hydrogen-bond acceptors (Lipinski definition) is 0. The van der Waals surface area contributed by atoms with E-state index in [4.69, 9.17) is 0 Å². The van der Waals surface area contributed by atoms with Crippen LogP contribution in [0.3, 0.4) is 0 Å². The van der Waals surface area contributed by atoms with Crippen molar-refractivity contribution in [1.29, 1.82) is 0 Å². The Hall–Kier alpha value is 1.16. The molecule has 1 unspecified atom stereocenters. The Balaban J connectivity index is 0. The molecule has 0 saturated heterocycles. The average molecular weight is 260 g/mol. The quantitative estimate of drug-likeness (QED) is 0.472. The fourth-order valence-electron chi connectivity index (χ4n) is 0.544. The second-order valence-corrected chi connectivity index (χ2v) is 5.39. The molecule has 0 aromatic heterocycles. The molecule has 0 heterocycles. The molecule has 0 aromatic rings. The van der Waals surface area contributed by atoms with Crippen molar-refractivity contribution in [2.75, 3.05) is 6.16 Å². The van der Waals surface area contributed by atoms with Crippen LogP contribution in [-0.2, 0) is 0 Å². The fourth-order valence-corrected chi connectivity index (χ4v) is 1.63. The Morgan fingerprint density at radius 2 is 1.56 bits per heavy atom. The molecule has 0 spiro atoms. The van der Waals surface area contributed by atoms with Crippen LogP contribution in [0.2, 0.25) is 0 Å². The van der Waals surface area contributed by atoms with E-state index in [-0.39, 0.29) is 24.0 Å². The lowest BCUT2D eigenvalue weighted by atomic mass is 10.3. The molecular formula is C7H18IP. The predicted octanol–water partition coefficient (Wildman–Crippen LogP) is -0.534. The molecule has 0 aromatic carbocycles. The second-order valence-electron chi connectivity index (χ2n) is 3.11.